The lowest BCUT2D eigenvalue weighted by molar-refractivity contribution is 0.339. The highest BCUT2D eigenvalue weighted by Gasteiger charge is 2.44. The van der Waals surface area contributed by atoms with Gasteiger partial charge in [-0.15, -0.1) is 0 Å². The zero-order chi connectivity index (χ0) is 12.9. The summed E-state index contributed by atoms with van der Waals surface area (Å²) in [6, 6.07) is 0.0983. The average Bonchev–Trinajstić information content (AvgIpc) is 2.78. The molecule has 2 aliphatic heterocycles. The van der Waals surface area contributed by atoms with Gasteiger partial charge in [0.1, 0.15) is 10.6 Å². The first kappa shape index (κ1) is 11.9. The Bertz CT molecular complexity index is 583. The second-order valence-corrected chi connectivity index (χ2v) is 6.73. The van der Waals surface area contributed by atoms with Gasteiger partial charge in [-0.05, 0) is 33.1 Å². The van der Waals surface area contributed by atoms with E-state index in [0.29, 0.717) is 11.5 Å². The Morgan fingerprint density at radius 2 is 2.17 bits per heavy atom. The molecule has 0 radical (unpaired) electrons. The molecular weight excluding hydrogens is 252 g/mol. The van der Waals surface area contributed by atoms with Crippen molar-refractivity contribution < 1.29 is 12.9 Å². The first-order chi connectivity index (χ1) is 8.51. The SMILES string of the molecule is Cc1noc(C)c1S(=O)(=O)N1C2C=CCC1CC2. The lowest BCUT2D eigenvalue weighted by Gasteiger charge is -2.30. The van der Waals surface area contributed by atoms with Crippen LogP contribution in [0, 0.1) is 13.8 Å². The summed E-state index contributed by atoms with van der Waals surface area (Å²) in [5.74, 6) is 0.376. The lowest BCUT2D eigenvalue weighted by atomic mass is 10.2. The molecule has 98 valence electrons. The number of nitrogens with zero attached hydrogens (tertiary/aromatic N) is 2. The van der Waals surface area contributed by atoms with Gasteiger partial charge in [-0.1, -0.05) is 17.3 Å². The summed E-state index contributed by atoms with van der Waals surface area (Å²) in [6.07, 6.45) is 6.73. The van der Waals surface area contributed by atoms with Gasteiger partial charge in [-0.25, -0.2) is 8.42 Å². The molecule has 1 saturated heterocycles. The molecule has 0 aliphatic carbocycles. The highest BCUT2D eigenvalue weighted by molar-refractivity contribution is 7.89. The summed E-state index contributed by atoms with van der Waals surface area (Å²) < 4.78 is 32.1. The normalized spacial score (nSPS) is 27.9. The third kappa shape index (κ3) is 1.55. The van der Waals surface area contributed by atoms with Crippen molar-refractivity contribution in [3.8, 4) is 0 Å². The molecule has 0 amide bonds. The second kappa shape index (κ2) is 3.93. The molecular formula is C12H16N2O3S. The van der Waals surface area contributed by atoms with E-state index in [0.717, 1.165) is 19.3 Å². The highest BCUT2D eigenvalue weighted by Crippen LogP contribution is 2.37. The topological polar surface area (TPSA) is 63.4 Å². The van der Waals surface area contributed by atoms with Crippen molar-refractivity contribution in [1.29, 1.82) is 0 Å². The summed E-state index contributed by atoms with van der Waals surface area (Å²) in [5.41, 5.74) is 0.446. The number of rotatable bonds is 2. The summed E-state index contributed by atoms with van der Waals surface area (Å²) in [6.45, 7) is 3.32. The van der Waals surface area contributed by atoms with Gasteiger partial charge in [0.2, 0.25) is 10.0 Å². The molecule has 1 aromatic heterocycles. The fourth-order valence-electron chi connectivity index (χ4n) is 3.01. The number of aryl methyl sites for hydroxylation is 2. The number of fused-ring (bicyclic) bond motifs is 2. The van der Waals surface area contributed by atoms with Crippen LogP contribution in [-0.4, -0.2) is 30.0 Å². The molecule has 2 bridgehead atoms. The van der Waals surface area contributed by atoms with Crippen LogP contribution in [0.3, 0.4) is 0 Å². The van der Waals surface area contributed by atoms with E-state index in [1.54, 1.807) is 18.2 Å². The van der Waals surface area contributed by atoms with Gasteiger partial charge in [0.15, 0.2) is 5.76 Å². The van der Waals surface area contributed by atoms with Crippen LogP contribution in [-0.2, 0) is 10.0 Å². The van der Waals surface area contributed by atoms with Crippen molar-refractivity contribution in [3.63, 3.8) is 0 Å². The molecule has 1 aromatic rings. The Labute approximate surface area is 107 Å². The molecule has 2 unspecified atom stereocenters. The average molecular weight is 268 g/mol. The van der Waals surface area contributed by atoms with Gasteiger partial charge in [0, 0.05) is 12.1 Å². The van der Waals surface area contributed by atoms with Gasteiger partial charge < -0.3 is 4.52 Å². The molecule has 3 heterocycles. The van der Waals surface area contributed by atoms with E-state index in [1.165, 1.54) is 0 Å². The van der Waals surface area contributed by atoms with Crippen LogP contribution in [0.4, 0.5) is 0 Å². The molecule has 2 aliphatic rings. The number of aromatic nitrogens is 1. The third-order valence-electron chi connectivity index (χ3n) is 3.75. The molecule has 2 atom stereocenters. The van der Waals surface area contributed by atoms with Crippen LogP contribution in [0.2, 0.25) is 0 Å². The molecule has 0 aromatic carbocycles. The smallest absolute Gasteiger partial charge is 0.249 e. The number of hydrogen-bond acceptors (Lipinski definition) is 4. The fourth-order valence-corrected chi connectivity index (χ4v) is 5.14. The standard InChI is InChI=1S/C12H16N2O3S/c1-8-12(9(2)17-13-8)18(15,16)14-10-4-3-5-11(14)7-6-10/h3-4,10-11H,5-7H2,1-2H3. The number of sulfonamides is 1. The molecule has 0 spiro atoms. The van der Waals surface area contributed by atoms with Crippen LogP contribution in [0.1, 0.15) is 30.7 Å². The molecule has 18 heavy (non-hydrogen) atoms. The zero-order valence-corrected chi connectivity index (χ0v) is 11.3. The van der Waals surface area contributed by atoms with E-state index >= 15 is 0 Å². The van der Waals surface area contributed by atoms with Crippen molar-refractivity contribution in [1.82, 2.24) is 9.46 Å². The maximum absolute atomic E-state index is 12.7. The van der Waals surface area contributed by atoms with E-state index in [1.807, 2.05) is 6.08 Å². The Morgan fingerprint density at radius 1 is 1.39 bits per heavy atom. The fraction of sp³-hybridized carbons (Fsp3) is 0.583. The van der Waals surface area contributed by atoms with Crippen LogP contribution in [0.25, 0.3) is 0 Å². The van der Waals surface area contributed by atoms with Crippen LogP contribution in [0.15, 0.2) is 21.6 Å². The van der Waals surface area contributed by atoms with Crippen molar-refractivity contribution in [2.75, 3.05) is 0 Å². The summed E-state index contributed by atoms with van der Waals surface area (Å²) in [4.78, 5) is 0.245. The molecule has 1 fully saturated rings. The third-order valence-corrected chi connectivity index (χ3v) is 5.97. The second-order valence-electron chi connectivity index (χ2n) is 4.95. The van der Waals surface area contributed by atoms with Crippen molar-refractivity contribution in [2.45, 2.75) is 50.1 Å². The minimum absolute atomic E-state index is 0.00227. The molecule has 6 heteroatoms. The number of hydrogen-bond donors (Lipinski definition) is 0. The Balaban J connectivity index is 2.09. The van der Waals surface area contributed by atoms with E-state index in [-0.39, 0.29) is 17.0 Å². The van der Waals surface area contributed by atoms with Gasteiger partial charge in [-0.2, -0.15) is 4.31 Å². The predicted molar refractivity (Wildman–Crippen MR) is 65.6 cm³/mol. The Hall–Kier alpha value is -1.14. The van der Waals surface area contributed by atoms with E-state index in [4.69, 9.17) is 4.52 Å². The molecule has 5 nitrogen and oxygen atoms in total. The van der Waals surface area contributed by atoms with Gasteiger partial charge >= 0.3 is 0 Å². The monoisotopic (exact) mass is 268 g/mol. The van der Waals surface area contributed by atoms with Crippen molar-refractivity contribution >= 4 is 10.0 Å². The summed E-state index contributed by atoms with van der Waals surface area (Å²) in [5, 5.41) is 3.75. The van der Waals surface area contributed by atoms with Crippen LogP contribution < -0.4 is 0 Å². The first-order valence-electron chi connectivity index (χ1n) is 6.15. The summed E-state index contributed by atoms with van der Waals surface area (Å²) >= 11 is 0. The predicted octanol–water partition coefficient (Wildman–Crippen LogP) is 1.77. The minimum atomic E-state index is -3.49. The van der Waals surface area contributed by atoms with Gasteiger partial charge in [0.05, 0.1) is 0 Å². The Kier molecular flexibility index (Phi) is 2.60. The van der Waals surface area contributed by atoms with Gasteiger partial charge in [-0.3, -0.25) is 0 Å². The van der Waals surface area contributed by atoms with Crippen molar-refractivity contribution in [2.24, 2.45) is 0 Å². The van der Waals surface area contributed by atoms with E-state index in [9.17, 15) is 8.42 Å². The largest absolute Gasteiger partial charge is 0.360 e. The van der Waals surface area contributed by atoms with Crippen LogP contribution >= 0.6 is 0 Å². The van der Waals surface area contributed by atoms with Crippen molar-refractivity contribution in [3.05, 3.63) is 23.6 Å². The quantitative estimate of drug-likeness (QED) is 0.767. The molecule has 3 rings (SSSR count). The highest BCUT2D eigenvalue weighted by atomic mass is 32.2. The minimum Gasteiger partial charge on any atom is -0.360 e. The maximum atomic E-state index is 12.7. The maximum Gasteiger partial charge on any atom is 0.249 e. The van der Waals surface area contributed by atoms with E-state index < -0.39 is 10.0 Å². The zero-order valence-electron chi connectivity index (χ0n) is 10.5. The first-order valence-corrected chi connectivity index (χ1v) is 7.59. The summed E-state index contributed by atoms with van der Waals surface area (Å²) in [7, 11) is -3.49. The van der Waals surface area contributed by atoms with E-state index in [2.05, 4.69) is 11.2 Å². The molecule has 0 saturated carbocycles. The Morgan fingerprint density at radius 3 is 2.78 bits per heavy atom. The van der Waals surface area contributed by atoms with Crippen LogP contribution in [0.5, 0.6) is 0 Å². The molecule has 0 N–H and O–H groups in total. The van der Waals surface area contributed by atoms with Gasteiger partial charge in [0.25, 0.3) is 0 Å². The lowest BCUT2D eigenvalue weighted by Crippen LogP contribution is -2.42.